The Hall–Kier alpha value is -1.87. The molecule has 20 heavy (non-hydrogen) atoms. The molecule has 0 aliphatic heterocycles. The molecule has 106 valence electrons. The lowest BCUT2D eigenvalue weighted by atomic mass is 9.95. The minimum atomic E-state index is 0.176. The maximum atomic E-state index is 5.28. The fourth-order valence-electron chi connectivity index (χ4n) is 2.34. The van der Waals surface area contributed by atoms with Crippen molar-refractivity contribution in [2.24, 2.45) is 0 Å². The van der Waals surface area contributed by atoms with Gasteiger partial charge in [0.25, 0.3) is 0 Å². The number of pyridine rings is 1. The standard InChI is InChI=1S/C17H22N2O/c1-4-9-19-17(14-6-5-10-18-12-14)16-8-7-15(20-3)11-13(16)2/h5-8,10-12,17,19H,4,9H2,1-3H3. The number of nitrogens with zero attached hydrogens (tertiary/aromatic N) is 1. The summed E-state index contributed by atoms with van der Waals surface area (Å²) in [5.74, 6) is 0.895. The van der Waals surface area contributed by atoms with E-state index in [1.54, 1.807) is 13.3 Å². The molecule has 1 atom stereocenters. The lowest BCUT2D eigenvalue weighted by Gasteiger charge is -2.21. The van der Waals surface area contributed by atoms with E-state index in [0.29, 0.717) is 0 Å². The van der Waals surface area contributed by atoms with Crippen LogP contribution in [0.1, 0.15) is 36.1 Å². The number of aromatic nitrogens is 1. The van der Waals surface area contributed by atoms with E-state index >= 15 is 0 Å². The average molecular weight is 270 g/mol. The molecule has 1 aromatic carbocycles. The van der Waals surface area contributed by atoms with Gasteiger partial charge in [-0.3, -0.25) is 4.98 Å². The lowest BCUT2D eigenvalue weighted by Crippen LogP contribution is -2.24. The molecule has 3 nitrogen and oxygen atoms in total. The summed E-state index contributed by atoms with van der Waals surface area (Å²) in [6.45, 7) is 5.27. The van der Waals surface area contributed by atoms with Crippen LogP contribution in [-0.2, 0) is 0 Å². The van der Waals surface area contributed by atoms with Crippen LogP contribution in [-0.4, -0.2) is 18.6 Å². The third-order valence-electron chi connectivity index (χ3n) is 3.40. The summed E-state index contributed by atoms with van der Waals surface area (Å²) in [5, 5.41) is 3.60. The summed E-state index contributed by atoms with van der Waals surface area (Å²) < 4.78 is 5.28. The van der Waals surface area contributed by atoms with Crippen molar-refractivity contribution in [2.45, 2.75) is 26.3 Å². The van der Waals surface area contributed by atoms with Gasteiger partial charge in [-0.15, -0.1) is 0 Å². The van der Waals surface area contributed by atoms with Gasteiger partial charge in [0.05, 0.1) is 13.2 Å². The highest BCUT2D eigenvalue weighted by Gasteiger charge is 2.15. The molecule has 0 aliphatic rings. The van der Waals surface area contributed by atoms with Crippen molar-refractivity contribution >= 4 is 0 Å². The molecule has 2 aromatic rings. The molecule has 0 amide bonds. The van der Waals surface area contributed by atoms with E-state index in [-0.39, 0.29) is 6.04 Å². The molecule has 0 aliphatic carbocycles. The zero-order valence-corrected chi connectivity index (χ0v) is 12.4. The maximum absolute atomic E-state index is 5.28. The van der Waals surface area contributed by atoms with Gasteiger partial charge in [0.15, 0.2) is 0 Å². The molecule has 1 unspecified atom stereocenters. The van der Waals surface area contributed by atoms with Crippen LogP contribution in [0.25, 0.3) is 0 Å². The highest BCUT2D eigenvalue weighted by molar-refractivity contribution is 5.40. The van der Waals surface area contributed by atoms with Crippen molar-refractivity contribution in [3.63, 3.8) is 0 Å². The highest BCUT2D eigenvalue weighted by Crippen LogP contribution is 2.27. The molecule has 3 heteroatoms. The van der Waals surface area contributed by atoms with Crippen molar-refractivity contribution in [1.82, 2.24) is 10.3 Å². The van der Waals surface area contributed by atoms with Crippen LogP contribution >= 0.6 is 0 Å². The summed E-state index contributed by atoms with van der Waals surface area (Å²) in [4.78, 5) is 4.24. The third-order valence-corrected chi connectivity index (χ3v) is 3.40. The number of hydrogen-bond acceptors (Lipinski definition) is 3. The maximum Gasteiger partial charge on any atom is 0.119 e. The number of methoxy groups -OCH3 is 1. The predicted octanol–water partition coefficient (Wildman–Crippen LogP) is 3.49. The molecule has 1 heterocycles. The first kappa shape index (κ1) is 14.5. The second-order valence-corrected chi connectivity index (χ2v) is 4.90. The van der Waals surface area contributed by atoms with Gasteiger partial charge < -0.3 is 10.1 Å². The number of benzene rings is 1. The van der Waals surface area contributed by atoms with E-state index in [1.807, 2.05) is 18.3 Å². The van der Waals surface area contributed by atoms with Crippen molar-refractivity contribution in [3.8, 4) is 5.75 Å². The second kappa shape index (κ2) is 7.06. The van der Waals surface area contributed by atoms with Crippen LogP contribution in [0.2, 0.25) is 0 Å². The van der Waals surface area contributed by atoms with Gasteiger partial charge >= 0.3 is 0 Å². The Kier molecular flexibility index (Phi) is 5.13. The predicted molar refractivity (Wildman–Crippen MR) is 82.1 cm³/mol. The number of aryl methyl sites for hydroxylation is 1. The van der Waals surface area contributed by atoms with Crippen LogP contribution in [0.4, 0.5) is 0 Å². The number of rotatable bonds is 6. The minimum Gasteiger partial charge on any atom is -0.497 e. The van der Waals surface area contributed by atoms with Gasteiger partial charge in [-0.1, -0.05) is 19.1 Å². The molecule has 0 fully saturated rings. The number of nitrogens with one attached hydrogen (secondary N) is 1. The van der Waals surface area contributed by atoms with Gasteiger partial charge in [0.1, 0.15) is 5.75 Å². The Balaban J connectivity index is 2.36. The second-order valence-electron chi connectivity index (χ2n) is 4.90. The van der Waals surface area contributed by atoms with Crippen LogP contribution in [0.5, 0.6) is 5.75 Å². The van der Waals surface area contributed by atoms with Crippen molar-refractivity contribution in [1.29, 1.82) is 0 Å². The van der Waals surface area contributed by atoms with E-state index in [1.165, 1.54) is 16.7 Å². The monoisotopic (exact) mass is 270 g/mol. The van der Waals surface area contributed by atoms with E-state index in [9.17, 15) is 0 Å². The molecular weight excluding hydrogens is 248 g/mol. The quantitative estimate of drug-likeness (QED) is 0.872. The summed E-state index contributed by atoms with van der Waals surface area (Å²) in [5.41, 5.74) is 3.68. The zero-order valence-electron chi connectivity index (χ0n) is 12.4. The summed E-state index contributed by atoms with van der Waals surface area (Å²) >= 11 is 0. The first-order chi connectivity index (χ1) is 9.76. The molecule has 0 spiro atoms. The Bertz CT molecular complexity index is 540. The van der Waals surface area contributed by atoms with E-state index in [2.05, 4.69) is 42.3 Å². The Morgan fingerprint density at radius 2 is 2.15 bits per heavy atom. The van der Waals surface area contributed by atoms with Crippen LogP contribution in [0, 0.1) is 6.92 Å². The molecule has 1 aromatic heterocycles. The van der Waals surface area contributed by atoms with Gasteiger partial charge in [-0.2, -0.15) is 0 Å². The van der Waals surface area contributed by atoms with E-state index < -0.39 is 0 Å². The summed E-state index contributed by atoms with van der Waals surface area (Å²) in [6.07, 6.45) is 4.84. The minimum absolute atomic E-state index is 0.176. The van der Waals surface area contributed by atoms with E-state index in [0.717, 1.165) is 18.7 Å². The molecule has 0 bridgehead atoms. The van der Waals surface area contributed by atoms with Crippen LogP contribution in [0.15, 0.2) is 42.7 Å². The van der Waals surface area contributed by atoms with Crippen LogP contribution in [0.3, 0.4) is 0 Å². The molecule has 0 radical (unpaired) electrons. The summed E-state index contributed by atoms with van der Waals surface area (Å²) in [7, 11) is 1.70. The molecular formula is C17H22N2O. The smallest absolute Gasteiger partial charge is 0.119 e. The van der Waals surface area contributed by atoms with Gasteiger partial charge in [0, 0.05) is 12.4 Å². The number of ether oxygens (including phenoxy) is 1. The molecule has 0 saturated heterocycles. The summed E-state index contributed by atoms with van der Waals surface area (Å²) in [6, 6.07) is 10.5. The first-order valence-electron chi connectivity index (χ1n) is 7.04. The fourth-order valence-corrected chi connectivity index (χ4v) is 2.34. The molecule has 1 N–H and O–H groups in total. The lowest BCUT2D eigenvalue weighted by molar-refractivity contribution is 0.414. The van der Waals surface area contributed by atoms with Crippen LogP contribution < -0.4 is 10.1 Å². The van der Waals surface area contributed by atoms with Crippen molar-refractivity contribution in [3.05, 3.63) is 59.4 Å². The normalized spacial score (nSPS) is 12.2. The van der Waals surface area contributed by atoms with Crippen molar-refractivity contribution in [2.75, 3.05) is 13.7 Å². The fraction of sp³-hybridized carbons (Fsp3) is 0.353. The molecule has 2 rings (SSSR count). The zero-order chi connectivity index (χ0) is 14.4. The average Bonchev–Trinajstić information content (AvgIpc) is 2.50. The Morgan fingerprint density at radius 1 is 1.30 bits per heavy atom. The Labute approximate surface area is 121 Å². The van der Waals surface area contributed by atoms with Crippen molar-refractivity contribution < 1.29 is 4.74 Å². The highest BCUT2D eigenvalue weighted by atomic mass is 16.5. The topological polar surface area (TPSA) is 34.2 Å². The SMILES string of the molecule is CCCNC(c1cccnc1)c1ccc(OC)cc1C. The van der Waals surface area contributed by atoms with Gasteiger partial charge in [-0.05, 0) is 54.8 Å². The van der Waals surface area contributed by atoms with Gasteiger partial charge in [0.2, 0.25) is 0 Å². The first-order valence-corrected chi connectivity index (χ1v) is 7.04. The third kappa shape index (κ3) is 3.36. The molecule has 0 saturated carbocycles. The Morgan fingerprint density at radius 3 is 2.75 bits per heavy atom. The van der Waals surface area contributed by atoms with E-state index in [4.69, 9.17) is 4.74 Å². The largest absolute Gasteiger partial charge is 0.497 e. The van der Waals surface area contributed by atoms with Gasteiger partial charge in [-0.25, -0.2) is 0 Å². The number of hydrogen-bond donors (Lipinski definition) is 1.